The molecule has 9 rings (SSSR count). The second-order valence-corrected chi connectivity index (χ2v) is 18.2. The van der Waals surface area contributed by atoms with Gasteiger partial charge in [0.25, 0.3) is 0 Å². The summed E-state index contributed by atoms with van der Waals surface area (Å²) < 4.78 is 0. The SMILES string of the molecule is N#C/C(=C\c1ccc(/C=C/c2ccc(N(c3ccc(/C=C/c4ccc(/C=C(\C#N)c5ccc(C#N)cc5)cc4)cc3)c3ccc(/C=C/c4ccc(/C=C(/C#N)c5ccc(C#N)cc5)cc4)cc3)cc2)cc1)c1ccc(C#N)cc1. The lowest BCUT2D eigenvalue weighted by Gasteiger charge is -2.26. The number of hydrogen-bond donors (Lipinski definition) is 0. The van der Waals surface area contributed by atoms with Gasteiger partial charge in [-0.15, -0.1) is 0 Å². The summed E-state index contributed by atoms with van der Waals surface area (Å²) in [6.07, 6.45) is 18.0. The number of benzene rings is 9. The Labute approximate surface area is 460 Å². The van der Waals surface area contributed by atoms with Crippen molar-refractivity contribution < 1.29 is 0 Å². The van der Waals surface area contributed by atoms with E-state index in [9.17, 15) is 15.8 Å². The second kappa shape index (κ2) is 25.4. The van der Waals surface area contributed by atoms with E-state index in [2.05, 4.69) is 151 Å². The molecule has 0 N–H and O–H groups in total. The zero-order valence-electron chi connectivity index (χ0n) is 42.6. The smallest absolute Gasteiger partial charge is 0.0998 e. The molecule has 0 saturated heterocycles. The van der Waals surface area contributed by atoms with Gasteiger partial charge in [0.2, 0.25) is 0 Å². The molecule has 0 aliphatic heterocycles. The molecule has 0 amide bonds. The molecule has 9 aromatic carbocycles. The standard InChI is InChI=1S/C72H45N7/c73-46-61-19-31-64(32-20-61)67(49-76)43-58-13-7-52(8-14-58)1-4-55-25-37-70(38-26-55)79(71-39-27-56(28-40-71)5-2-53-9-15-59(16-10-53)44-68(50-77)65-33-21-62(47-74)22-34-65)72-41-29-57(30-42-72)6-3-54-11-17-60(18-12-54)45-69(51-78)66-35-23-63(48-75)24-36-66/h1-45H/b4-1+,5-2+,6-3+,67-43-,68-44+,69-45+. The zero-order chi connectivity index (χ0) is 54.8. The minimum absolute atomic E-state index is 0.521. The van der Waals surface area contributed by atoms with Gasteiger partial charge < -0.3 is 4.90 Å². The van der Waals surface area contributed by atoms with E-state index in [0.717, 1.165) is 83.8 Å². The van der Waals surface area contributed by atoms with Crippen molar-refractivity contribution in [3.63, 3.8) is 0 Å². The molecular weight excluding hydrogens is 963 g/mol. The molecule has 0 unspecified atom stereocenters. The van der Waals surface area contributed by atoms with Crippen LogP contribution in [0.3, 0.4) is 0 Å². The maximum absolute atomic E-state index is 9.84. The molecule has 0 aromatic heterocycles. The van der Waals surface area contributed by atoms with Crippen molar-refractivity contribution in [2.45, 2.75) is 0 Å². The summed E-state index contributed by atoms with van der Waals surface area (Å²) >= 11 is 0. The van der Waals surface area contributed by atoms with Gasteiger partial charge in [-0.2, -0.15) is 31.6 Å². The monoisotopic (exact) mass is 1010 g/mol. The van der Waals surface area contributed by atoms with E-state index >= 15 is 0 Å². The number of allylic oxidation sites excluding steroid dienone is 3. The Balaban J connectivity index is 0.921. The highest BCUT2D eigenvalue weighted by molar-refractivity contribution is 5.92. The van der Waals surface area contributed by atoms with E-state index in [1.165, 1.54) is 0 Å². The van der Waals surface area contributed by atoms with Crippen LogP contribution >= 0.6 is 0 Å². The van der Waals surface area contributed by atoms with Crippen molar-refractivity contribution in [3.8, 4) is 36.4 Å². The van der Waals surface area contributed by atoms with Crippen molar-refractivity contribution in [1.82, 2.24) is 0 Å². The minimum Gasteiger partial charge on any atom is -0.311 e. The van der Waals surface area contributed by atoms with Gasteiger partial charge in [-0.3, -0.25) is 0 Å². The third-order valence-corrected chi connectivity index (χ3v) is 12.9. The number of anilines is 3. The third kappa shape index (κ3) is 13.7. The summed E-state index contributed by atoms with van der Waals surface area (Å²) in [5.74, 6) is 0. The van der Waals surface area contributed by atoms with Gasteiger partial charge in [0.1, 0.15) is 0 Å². The Kier molecular flexibility index (Phi) is 16.7. The molecule has 0 spiro atoms. The largest absolute Gasteiger partial charge is 0.311 e. The van der Waals surface area contributed by atoms with Gasteiger partial charge in [0.15, 0.2) is 0 Å². The minimum atomic E-state index is 0.521. The van der Waals surface area contributed by atoms with E-state index in [0.29, 0.717) is 33.4 Å². The number of hydrogen-bond acceptors (Lipinski definition) is 7. The highest BCUT2D eigenvalue weighted by Gasteiger charge is 2.13. The molecule has 0 aliphatic carbocycles. The molecular formula is C72H45N7. The average molecular weight is 1010 g/mol. The van der Waals surface area contributed by atoms with Crippen LogP contribution in [-0.2, 0) is 0 Å². The molecule has 0 aliphatic rings. The lowest BCUT2D eigenvalue weighted by Crippen LogP contribution is -2.09. The lowest BCUT2D eigenvalue weighted by atomic mass is 10.0. The van der Waals surface area contributed by atoms with Gasteiger partial charge in [-0.1, -0.05) is 182 Å². The van der Waals surface area contributed by atoms with E-state index in [4.69, 9.17) is 15.8 Å². The van der Waals surface area contributed by atoms with Crippen LogP contribution in [0.15, 0.2) is 218 Å². The predicted molar refractivity (Wildman–Crippen MR) is 321 cm³/mol. The molecule has 0 atom stereocenters. The van der Waals surface area contributed by atoms with Crippen LogP contribution in [0.25, 0.3) is 71.4 Å². The Bertz CT molecular complexity index is 3650. The summed E-state index contributed by atoms with van der Waals surface area (Å²) in [7, 11) is 0. The van der Waals surface area contributed by atoms with Crippen molar-refractivity contribution in [2.24, 2.45) is 0 Å². The fourth-order valence-electron chi connectivity index (χ4n) is 8.55. The maximum Gasteiger partial charge on any atom is 0.0998 e. The molecule has 0 radical (unpaired) electrons. The summed E-state index contributed by atoms with van der Waals surface area (Å²) in [6, 6.07) is 83.5. The quantitative estimate of drug-likeness (QED) is 0.0734. The van der Waals surface area contributed by atoms with Gasteiger partial charge in [0.05, 0.1) is 69.8 Å². The Hall–Kier alpha value is -11.8. The van der Waals surface area contributed by atoms with E-state index < -0.39 is 0 Å². The Morgan fingerprint density at radius 3 is 0.620 bits per heavy atom. The van der Waals surface area contributed by atoms with Crippen LogP contribution in [0.2, 0.25) is 0 Å². The third-order valence-electron chi connectivity index (χ3n) is 12.9. The lowest BCUT2D eigenvalue weighted by molar-refractivity contribution is 1.28. The summed E-state index contributed by atoms with van der Waals surface area (Å²) in [5.41, 5.74) is 17.3. The Morgan fingerprint density at radius 2 is 0.430 bits per heavy atom. The number of rotatable bonds is 15. The van der Waals surface area contributed by atoms with E-state index in [-0.39, 0.29) is 0 Å². The highest BCUT2D eigenvalue weighted by atomic mass is 15.1. The first-order valence-corrected chi connectivity index (χ1v) is 25.1. The first kappa shape index (κ1) is 52.0. The molecule has 9 aromatic rings. The molecule has 0 saturated carbocycles. The second-order valence-electron chi connectivity index (χ2n) is 18.2. The van der Waals surface area contributed by atoms with Crippen molar-refractivity contribution in [3.05, 3.63) is 302 Å². The van der Waals surface area contributed by atoms with Crippen molar-refractivity contribution >= 4 is 88.5 Å². The van der Waals surface area contributed by atoms with Crippen LogP contribution in [-0.4, -0.2) is 0 Å². The van der Waals surface area contributed by atoms with Gasteiger partial charge in [-0.25, -0.2) is 0 Å². The van der Waals surface area contributed by atoms with Crippen LogP contribution in [0.4, 0.5) is 17.1 Å². The summed E-state index contributed by atoms with van der Waals surface area (Å²) in [5, 5.41) is 57.0. The Morgan fingerprint density at radius 1 is 0.241 bits per heavy atom. The van der Waals surface area contributed by atoms with E-state index in [1.54, 1.807) is 72.8 Å². The number of nitriles is 6. The van der Waals surface area contributed by atoms with Crippen LogP contribution in [0.1, 0.15) is 83.5 Å². The zero-order valence-corrected chi connectivity index (χ0v) is 42.6. The summed E-state index contributed by atoms with van der Waals surface area (Å²) in [4.78, 5) is 2.23. The summed E-state index contributed by atoms with van der Waals surface area (Å²) in [6.45, 7) is 0. The molecule has 0 fully saturated rings. The topological polar surface area (TPSA) is 146 Å². The van der Waals surface area contributed by atoms with Crippen LogP contribution in [0.5, 0.6) is 0 Å². The van der Waals surface area contributed by atoms with Crippen LogP contribution < -0.4 is 4.90 Å². The molecule has 7 nitrogen and oxygen atoms in total. The van der Waals surface area contributed by atoms with Crippen molar-refractivity contribution in [1.29, 1.82) is 31.6 Å². The molecule has 0 bridgehead atoms. The van der Waals surface area contributed by atoms with Crippen LogP contribution in [0, 0.1) is 68.0 Å². The predicted octanol–water partition coefficient (Wildman–Crippen LogP) is 17.5. The van der Waals surface area contributed by atoms with E-state index in [1.807, 2.05) is 91.0 Å². The van der Waals surface area contributed by atoms with Gasteiger partial charge in [-0.05, 0) is 158 Å². The highest BCUT2D eigenvalue weighted by Crippen LogP contribution is 2.36. The average Bonchev–Trinajstić information content (AvgIpc) is 3.53. The fraction of sp³-hybridized carbons (Fsp3) is 0. The van der Waals surface area contributed by atoms with Gasteiger partial charge >= 0.3 is 0 Å². The normalized spacial score (nSPS) is 11.5. The van der Waals surface area contributed by atoms with Crippen molar-refractivity contribution in [2.75, 3.05) is 4.90 Å². The first-order valence-electron chi connectivity index (χ1n) is 25.1. The maximum atomic E-state index is 9.84. The molecule has 368 valence electrons. The first-order chi connectivity index (χ1) is 38.8. The molecule has 79 heavy (non-hydrogen) atoms. The van der Waals surface area contributed by atoms with Gasteiger partial charge in [0, 0.05) is 17.1 Å². The fourth-order valence-corrected chi connectivity index (χ4v) is 8.55. The molecule has 0 heterocycles. The molecule has 7 heteroatoms. The number of nitrogens with zero attached hydrogens (tertiary/aromatic N) is 7.